The number of allylic oxidation sites excluding steroid dienone is 16. The maximum Gasteiger partial charge on any atom is 0.306 e. The summed E-state index contributed by atoms with van der Waals surface area (Å²) in [4.78, 5) is 38.2. The second-order valence-corrected chi connectivity index (χ2v) is 23.1. The minimum atomic E-state index is -0.786. The molecule has 81 heavy (non-hydrogen) atoms. The van der Waals surface area contributed by atoms with Gasteiger partial charge in [0.15, 0.2) is 6.10 Å². The van der Waals surface area contributed by atoms with Gasteiger partial charge in [0, 0.05) is 19.3 Å². The Kier molecular flexibility index (Phi) is 65.7. The Morgan fingerprint density at radius 3 is 0.765 bits per heavy atom. The molecule has 0 aromatic rings. The predicted molar refractivity (Wildman–Crippen MR) is 353 cm³/mol. The van der Waals surface area contributed by atoms with Crippen LogP contribution in [0.3, 0.4) is 0 Å². The fourth-order valence-corrected chi connectivity index (χ4v) is 9.89. The highest BCUT2D eigenvalue weighted by molar-refractivity contribution is 5.71. The van der Waals surface area contributed by atoms with E-state index in [1.165, 1.54) is 180 Å². The SMILES string of the molecule is CC/C=C\C/C=C\C/C=C\C/C=C\C/C=C\C/C=C\C/C=C\CCCCCCCC(=O)OC(COC(=O)CCCCCCCCC)COC(=O)CCCCCCCCCCCCCCCCCCC/C=C\CCCCCCCCCC. The van der Waals surface area contributed by atoms with Crippen molar-refractivity contribution in [3.05, 3.63) is 97.2 Å². The van der Waals surface area contributed by atoms with Crippen LogP contribution in [0.2, 0.25) is 0 Å². The summed E-state index contributed by atoms with van der Waals surface area (Å²) < 4.78 is 16.9. The molecular weight excluding hydrogens is 997 g/mol. The average Bonchev–Trinajstić information content (AvgIpc) is 3.46. The van der Waals surface area contributed by atoms with Crippen LogP contribution in [-0.2, 0) is 28.6 Å². The molecule has 0 amide bonds. The van der Waals surface area contributed by atoms with Gasteiger partial charge >= 0.3 is 17.9 Å². The monoisotopic (exact) mass is 1130 g/mol. The van der Waals surface area contributed by atoms with Gasteiger partial charge in [-0.15, -0.1) is 0 Å². The molecule has 0 spiro atoms. The van der Waals surface area contributed by atoms with Crippen molar-refractivity contribution in [1.82, 2.24) is 0 Å². The number of carbonyl (C=O) groups excluding carboxylic acids is 3. The summed E-state index contributed by atoms with van der Waals surface area (Å²) >= 11 is 0. The zero-order valence-corrected chi connectivity index (χ0v) is 53.5. The third kappa shape index (κ3) is 67.0. The van der Waals surface area contributed by atoms with E-state index in [4.69, 9.17) is 14.2 Å². The minimum Gasteiger partial charge on any atom is -0.462 e. The lowest BCUT2D eigenvalue weighted by atomic mass is 10.0. The number of rotatable bonds is 63. The fourth-order valence-electron chi connectivity index (χ4n) is 9.89. The maximum atomic E-state index is 12.9. The first-order valence-corrected chi connectivity index (χ1v) is 34.7. The highest BCUT2D eigenvalue weighted by Gasteiger charge is 2.19. The highest BCUT2D eigenvalue weighted by atomic mass is 16.6. The van der Waals surface area contributed by atoms with Crippen LogP contribution >= 0.6 is 0 Å². The number of esters is 3. The topological polar surface area (TPSA) is 78.9 Å². The molecule has 0 bridgehead atoms. The zero-order chi connectivity index (χ0) is 58.5. The van der Waals surface area contributed by atoms with E-state index in [-0.39, 0.29) is 31.1 Å². The second-order valence-electron chi connectivity index (χ2n) is 23.1. The molecule has 0 aromatic carbocycles. The minimum absolute atomic E-state index is 0.0827. The van der Waals surface area contributed by atoms with Crippen molar-refractivity contribution in [1.29, 1.82) is 0 Å². The standard InChI is InChI=1S/C75H130O6/c1-4-7-10-13-16-18-20-22-24-26-28-30-32-34-36-37-39-40-42-44-46-48-50-52-54-56-59-62-65-68-74(77)80-71-72(70-79-73(76)67-64-61-58-15-12-9-6-3)81-75(78)69-66-63-60-57-55-53-51-49-47-45-43-41-38-35-33-31-29-27-25-23-21-19-17-14-11-8-5-2/h8,11,17,19,23,25-26,28-29,31,35,38,43,45,49,51,72H,4-7,9-10,12-16,18,20-22,24,27,30,32-34,36-37,39-42,44,46-48,50,52-71H2,1-3H3/b11-8-,19-17-,25-23-,28-26-,31-29-,38-35-,45-43-,51-49-. The summed E-state index contributed by atoms with van der Waals surface area (Å²) in [5, 5.41) is 0. The molecule has 0 aliphatic rings. The summed E-state index contributed by atoms with van der Waals surface area (Å²) in [6.45, 7) is 6.50. The molecule has 1 atom stereocenters. The first-order chi connectivity index (χ1) is 40.0. The molecule has 0 saturated heterocycles. The summed E-state index contributed by atoms with van der Waals surface area (Å²) in [7, 11) is 0. The van der Waals surface area contributed by atoms with Crippen LogP contribution in [0.5, 0.6) is 0 Å². The van der Waals surface area contributed by atoms with Crippen molar-refractivity contribution in [2.45, 2.75) is 348 Å². The molecule has 0 aromatic heterocycles. The van der Waals surface area contributed by atoms with E-state index in [9.17, 15) is 14.4 Å². The fraction of sp³-hybridized carbons (Fsp3) is 0.747. The molecule has 0 saturated carbocycles. The average molecular weight is 1130 g/mol. The van der Waals surface area contributed by atoms with Crippen LogP contribution < -0.4 is 0 Å². The maximum absolute atomic E-state index is 12.9. The Morgan fingerprint density at radius 2 is 0.481 bits per heavy atom. The normalized spacial score (nSPS) is 12.7. The van der Waals surface area contributed by atoms with Gasteiger partial charge in [-0.1, -0.05) is 317 Å². The van der Waals surface area contributed by atoms with Gasteiger partial charge < -0.3 is 14.2 Å². The van der Waals surface area contributed by atoms with Gasteiger partial charge in [0.05, 0.1) is 0 Å². The predicted octanol–water partition coefficient (Wildman–Crippen LogP) is 24.0. The molecule has 0 heterocycles. The molecule has 0 rings (SSSR count). The molecule has 6 nitrogen and oxygen atoms in total. The summed E-state index contributed by atoms with van der Waals surface area (Å²) in [6.07, 6.45) is 93.2. The zero-order valence-electron chi connectivity index (χ0n) is 53.5. The molecule has 466 valence electrons. The molecule has 1 unspecified atom stereocenters. The van der Waals surface area contributed by atoms with E-state index in [1.807, 2.05) is 0 Å². The molecule has 0 fully saturated rings. The van der Waals surface area contributed by atoms with Gasteiger partial charge in [0.1, 0.15) is 13.2 Å². The Hall–Kier alpha value is -3.67. The molecular formula is C75H130O6. The molecule has 6 heteroatoms. The summed E-state index contributed by atoms with van der Waals surface area (Å²) in [6, 6.07) is 0. The van der Waals surface area contributed by atoms with Crippen LogP contribution in [0.4, 0.5) is 0 Å². The van der Waals surface area contributed by atoms with Gasteiger partial charge in [-0.3, -0.25) is 14.4 Å². The third-order valence-corrected chi connectivity index (χ3v) is 15.1. The second kappa shape index (κ2) is 68.8. The number of hydrogen-bond donors (Lipinski definition) is 0. The van der Waals surface area contributed by atoms with Crippen LogP contribution in [-0.4, -0.2) is 37.2 Å². The van der Waals surface area contributed by atoms with E-state index >= 15 is 0 Å². The van der Waals surface area contributed by atoms with Gasteiger partial charge in [-0.2, -0.15) is 0 Å². The largest absolute Gasteiger partial charge is 0.462 e. The summed E-state index contributed by atoms with van der Waals surface area (Å²) in [5.74, 6) is -0.897. The Labute approximate surface area is 502 Å². The van der Waals surface area contributed by atoms with Crippen molar-refractivity contribution in [3.8, 4) is 0 Å². The van der Waals surface area contributed by atoms with Crippen molar-refractivity contribution < 1.29 is 28.6 Å². The van der Waals surface area contributed by atoms with E-state index in [2.05, 4.69) is 118 Å². The van der Waals surface area contributed by atoms with Gasteiger partial charge in [-0.25, -0.2) is 0 Å². The smallest absolute Gasteiger partial charge is 0.306 e. The molecule has 0 aliphatic heterocycles. The number of unbranched alkanes of at least 4 members (excludes halogenated alkanes) is 36. The molecule has 0 radical (unpaired) electrons. The van der Waals surface area contributed by atoms with Crippen molar-refractivity contribution in [2.24, 2.45) is 0 Å². The van der Waals surface area contributed by atoms with E-state index in [0.29, 0.717) is 19.3 Å². The van der Waals surface area contributed by atoms with E-state index in [0.717, 1.165) is 122 Å². The lowest BCUT2D eigenvalue weighted by Crippen LogP contribution is -2.30. The lowest BCUT2D eigenvalue weighted by Gasteiger charge is -2.18. The van der Waals surface area contributed by atoms with Crippen molar-refractivity contribution in [2.75, 3.05) is 13.2 Å². The number of carbonyl (C=O) groups is 3. The van der Waals surface area contributed by atoms with Crippen molar-refractivity contribution in [3.63, 3.8) is 0 Å². The van der Waals surface area contributed by atoms with Crippen LogP contribution in [0, 0.1) is 0 Å². The van der Waals surface area contributed by atoms with Crippen molar-refractivity contribution >= 4 is 17.9 Å². The third-order valence-electron chi connectivity index (χ3n) is 15.1. The van der Waals surface area contributed by atoms with Crippen LogP contribution in [0.25, 0.3) is 0 Å². The molecule has 0 N–H and O–H groups in total. The number of hydrogen-bond acceptors (Lipinski definition) is 6. The van der Waals surface area contributed by atoms with Gasteiger partial charge in [0.2, 0.25) is 0 Å². The molecule has 0 aliphatic carbocycles. The quantitative estimate of drug-likeness (QED) is 0.0261. The summed E-state index contributed by atoms with van der Waals surface area (Å²) in [5.41, 5.74) is 0. The first kappa shape index (κ1) is 77.3. The highest BCUT2D eigenvalue weighted by Crippen LogP contribution is 2.17. The Bertz CT molecular complexity index is 1580. The van der Waals surface area contributed by atoms with Gasteiger partial charge in [-0.05, 0) is 103 Å². The lowest BCUT2D eigenvalue weighted by molar-refractivity contribution is -0.167. The van der Waals surface area contributed by atoms with E-state index < -0.39 is 6.10 Å². The van der Waals surface area contributed by atoms with E-state index in [1.54, 1.807) is 0 Å². The number of ether oxygens (including phenoxy) is 3. The first-order valence-electron chi connectivity index (χ1n) is 34.7. The Balaban J connectivity index is 4.12. The van der Waals surface area contributed by atoms with Crippen LogP contribution in [0.15, 0.2) is 97.2 Å². The van der Waals surface area contributed by atoms with Gasteiger partial charge in [0.25, 0.3) is 0 Å². The Morgan fingerprint density at radius 1 is 0.259 bits per heavy atom. The van der Waals surface area contributed by atoms with Crippen LogP contribution in [0.1, 0.15) is 342 Å².